The minimum Gasteiger partial charge on any atom is -0.392 e. The van der Waals surface area contributed by atoms with Crippen molar-refractivity contribution in [2.24, 2.45) is 0 Å². The van der Waals surface area contributed by atoms with Gasteiger partial charge in [-0.05, 0) is 38.5 Å². The van der Waals surface area contributed by atoms with Crippen molar-refractivity contribution < 1.29 is 14.3 Å². The van der Waals surface area contributed by atoms with E-state index in [0.717, 1.165) is 5.56 Å². The molecule has 1 unspecified atom stereocenters. The molecule has 0 saturated carbocycles. The highest BCUT2D eigenvalue weighted by Crippen LogP contribution is 2.08. The molecular formula is C14H20FNO2. The van der Waals surface area contributed by atoms with Crippen molar-refractivity contribution in [3.05, 3.63) is 35.6 Å². The monoisotopic (exact) mass is 253 g/mol. The molecule has 0 aliphatic rings. The highest BCUT2D eigenvalue weighted by atomic mass is 19.1. The molecular weight excluding hydrogens is 233 g/mol. The fraction of sp³-hybridized carbons (Fsp3) is 0.500. The van der Waals surface area contributed by atoms with E-state index in [1.54, 1.807) is 24.0 Å². The van der Waals surface area contributed by atoms with Crippen LogP contribution in [0.25, 0.3) is 0 Å². The number of hydrogen-bond donors (Lipinski definition) is 1. The smallest absolute Gasteiger partial charge is 0.227 e. The van der Waals surface area contributed by atoms with Gasteiger partial charge < -0.3 is 10.0 Å². The van der Waals surface area contributed by atoms with Crippen LogP contribution in [0.2, 0.25) is 0 Å². The molecule has 1 aromatic rings. The summed E-state index contributed by atoms with van der Waals surface area (Å²) < 4.78 is 12.8. The van der Waals surface area contributed by atoms with Crippen molar-refractivity contribution in [2.45, 2.75) is 39.3 Å². The van der Waals surface area contributed by atoms with E-state index in [1.807, 2.05) is 13.8 Å². The van der Waals surface area contributed by atoms with Gasteiger partial charge in [0.2, 0.25) is 5.91 Å². The van der Waals surface area contributed by atoms with Crippen molar-refractivity contribution >= 4 is 5.91 Å². The van der Waals surface area contributed by atoms with E-state index >= 15 is 0 Å². The molecule has 1 rings (SSSR count). The number of aliphatic hydroxyl groups is 1. The third-order valence-corrected chi connectivity index (χ3v) is 2.67. The summed E-state index contributed by atoms with van der Waals surface area (Å²) in [6.45, 7) is 5.79. The molecule has 1 N–H and O–H groups in total. The Morgan fingerprint density at radius 1 is 1.28 bits per heavy atom. The second-order valence-electron chi connectivity index (χ2n) is 4.79. The van der Waals surface area contributed by atoms with Gasteiger partial charge in [0.25, 0.3) is 0 Å². The van der Waals surface area contributed by atoms with E-state index in [9.17, 15) is 14.3 Å². The summed E-state index contributed by atoms with van der Waals surface area (Å²) in [5.41, 5.74) is 0.776. The zero-order valence-corrected chi connectivity index (χ0v) is 11.1. The summed E-state index contributed by atoms with van der Waals surface area (Å²) in [4.78, 5) is 13.7. The number of carbonyl (C=O) groups excluding carboxylic acids is 1. The van der Waals surface area contributed by atoms with Crippen LogP contribution >= 0.6 is 0 Å². The number of hydrogen-bond acceptors (Lipinski definition) is 2. The summed E-state index contributed by atoms with van der Waals surface area (Å²) >= 11 is 0. The molecule has 0 bridgehead atoms. The van der Waals surface area contributed by atoms with Crippen LogP contribution in [-0.2, 0) is 11.2 Å². The van der Waals surface area contributed by atoms with Crippen LogP contribution in [0.15, 0.2) is 24.3 Å². The first-order valence-corrected chi connectivity index (χ1v) is 6.12. The Hall–Kier alpha value is -1.42. The van der Waals surface area contributed by atoms with Crippen LogP contribution in [0, 0.1) is 5.82 Å². The van der Waals surface area contributed by atoms with E-state index in [0.29, 0.717) is 6.54 Å². The SMILES string of the molecule is CC(O)CN(C(=O)Cc1ccc(F)cc1)C(C)C. The largest absolute Gasteiger partial charge is 0.392 e. The number of amides is 1. The van der Waals surface area contributed by atoms with E-state index in [-0.39, 0.29) is 24.2 Å². The first kappa shape index (κ1) is 14.6. The number of nitrogens with zero attached hydrogens (tertiary/aromatic N) is 1. The topological polar surface area (TPSA) is 40.5 Å². The van der Waals surface area contributed by atoms with Gasteiger partial charge in [0, 0.05) is 12.6 Å². The lowest BCUT2D eigenvalue weighted by Gasteiger charge is -2.28. The predicted octanol–water partition coefficient (Wildman–Crippen LogP) is 1.99. The van der Waals surface area contributed by atoms with Gasteiger partial charge in [-0.3, -0.25) is 4.79 Å². The molecule has 0 aliphatic carbocycles. The van der Waals surface area contributed by atoms with Crippen LogP contribution in [0.5, 0.6) is 0 Å². The zero-order chi connectivity index (χ0) is 13.7. The molecule has 0 spiro atoms. The van der Waals surface area contributed by atoms with Crippen LogP contribution in [0.1, 0.15) is 26.3 Å². The van der Waals surface area contributed by atoms with Gasteiger partial charge in [0.05, 0.1) is 12.5 Å². The normalized spacial score (nSPS) is 12.6. The van der Waals surface area contributed by atoms with Crippen LogP contribution in [0.3, 0.4) is 0 Å². The minimum atomic E-state index is -0.551. The van der Waals surface area contributed by atoms with Crippen LogP contribution in [0.4, 0.5) is 4.39 Å². The van der Waals surface area contributed by atoms with Gasteiger partial charge in [-0.2, -0.15) is 0 Å². The van der Waals surface area contributed by atoms with Crippen molar-refractivity contribution in [1.29, 1.82) is 0 Å². The van der Waals surface area contributed by atoms with E-state index in [1.165, 1.54) is 12.1 Å². The van der Waals surface area contributed by atoms with Gasteiger partial charge in [0.15, 0.2) is 0 Å². The number of halogens is 1. The molecule has 0 aliphatic heterocycles. The lowest BCUT2D eigenvalue weighted by molar-refractivity contribution is -0.133. The van der Waals surface area contributed by atoms with E-state index < -0.39 is 6.10 Å². The Balaban J connectivity index is 2.69. The van der Waals surface area contributed by atoms with E-state index in [4.69, 9.17) is 0 Å². The molecule has 100 valence electrons. The molecule has 18 heavy (non-hydrogen) atoms. The minimum absolute atomic E-state index is 0.0348. The molecule has 1 amide bonds. The third-order valence-electron chi connectivity index (χ3n) is 2.67. The van der Waals surface area contributed by atoms with Crippen molar-refractivity contribution in [1.82, 2.24) is 4.90 Å². The highest BCUT2D eigenvalue weighted by Gasteiger charge is 2.18. The quantitative estimate of drug-likeness (QED) is 0.871. The maximum absolute atomic E-state index is 12.8. The summed E-state index contributed by atoms with van der Waals surface area (Å²) in [5, 5.41) is 9.38. The van der Waals surface area contributed by atoms with Crippen molar-refractivity contribution in [3.63, 3.8) is 0 Å². The fourth-order valence-electron chi connectivity index (χ4n) is 1.76. The molecule has 0 fully saturated rings. The number of carbonyl (C=O) groups is 1. The molecule has 0 heterocycles. The summed E-state index contributed by atoms with van der Waals surface area (Å²) in [6.07, 6.45) is -0.324. The summed E-state index contributed by atoms with van der Waals surface area (Å²) in [5.74, 6) is -0.367. The third kappa shape index (κ3) is 4.45. The number of aliphatic hydroxyl groups excluding tert-OH is 1. The Morgan fingerprint density at radius 2 is 1.83 bits per heavy atom. The molecule has 0 radical (unpaired) electrons. The molecule has 0 saturated heterocycles. The van der Waals surface area contributed by atoms with Crippen molar-refractivity contribution in [2.75, 3.05) is 6.54 Å². The zero-order valence-electron chi connectivity index (χ0n) is 11.1. The lowest BCUT2D eigenvalue weighted by Crippen LogP contribution is -2.42. The maximum Gasteiger partial charge on any atom is 0.227 e. The first-order valence-electron chi connectivity index (χ1n) is 6.12. The van der Waals surface area contributed by atoms with Gasteiger partial charge in [-0.1, -0.05) is 12.1 Å². The first-order chi connectivity index (χ1) is 8.40. The molecule has 1 atom stereocenters. The Bertz CT molecular complexity index is 387. The Labute approximate surface area is 107 Å². The van der Waals surface area contributed by atoms with Crippen LogP contribution in [-0.4, -0.2) is 34.6 Å². The summed E-state index contributed by atoms with van der Waals surface area (Å²) in [7, 11) is 0. The van der Waals surface area contributed by atoms with Gasteiger partial charge >= 0.3 is 0 Å². The molecule has 1 aromatic carbocycles. The second kappa shape index (κ2) is 6.50. The fourth-order valence-corrected chi connectivity index (χ4v) is 1.76. The average Bonchev–Trinajstić information content (AvgIpc) is 2.28. The van der Waals surface area contributed by atoms with E-state index in [2.05, 4.69) is 0 Å². The predicted molar refractivity (Wildman–Crippen MR) is 68.6 cm³/mol. The average molecular weight is 253 g/mol. The Morgan fingerprint density at radius 3 is 2.28 bits per heavy atom. The molecule has 3 nitrogen and oxygen atoms in total. The lowest BCUT2D eigenvalue weighted by atomic mass is 10.1. The van der Waals surface area contributed by atoms with Crippen LogP contribution < -0.4 is 0 Å². The van der Waals surface area contributed by atoms with Crippen molar-refractivity contribution in [3.8, 4) is 0 Å². The van der Waals surface area contributed by atoms with Gasteiger partial charge in [-0.15, -0.1) is 0 Å². The number of benzene rings is 1. The molecule has 0 aromatic heterocycles. The molecule has 4 heteroatoms. The highest BCUT2D eigenvalue weighted by molar-refractivity contribution is 5.79. The number of rotatable bonds is 5. The maximum atomic E-state index is 12.8. The van der Waals surface area contributed by atoms with Gasteiger partial charge in [-0.25, -0.2) is 4.39 Å². The summed E-state index contributed by atoms with van der Waals surface area (Å²) in [6, 6.07) is 5.93. The Kier molecular flexibility index (Phi) is 5.28. The van der Waals surface area contributed by atoms with Gasteiger partial charge in [0.1, 0.15) is 5.82 Å². The standard InChI is InChI=1S/C14H20FNO2/c1-10(2)16(9-11(3)17)14(18)8-12-4-6-13(15)7-5-12/h4-7,10-11,17H,8-9H2,1-3H3. The second-order valence-corrected chi connectivity index (χ2v) is 4.79.